The molecule has 1 heterocycles. The molecule has 1 aliphatic heterocycles. The molecule has 3 nitrogen and oxygen atoms in total. The molecule has 1 aliphatic rings. The second kappa shape index (κ2) is 4.05. The molecule has 0 aromatic carbocycles. The molecule has 0 aliphatic carbocycles. The van der Waals surface area contributed by atoms with Crippen LogP contribution >= 0.6 is 0 Å². The second-order valence-corrected chi connectivity index (χ2v) is 3.18. The standard InChI is InChI=1S/C11H14N2O/c1-5-13-7-8(2)12-6-11(13)9(3)10(4)14/h5-7H,1H2,2-4H3/b11-9+. The van der Waals surface area contributed by atoms with E-state index in [1.807, 2.05) is 13.1 Å². The second-order valence-electron chi connectivity index (χ2n) is 3.18. The SMILES string of the molecule is C=CN1C=C(C)N=C/C1=C(/C)C(C)=O. The number of ketones is 1. The Bertz CT molecular complexity index is 361. The summed E-state index contributed by atoms with van der Waals surface area (Å²) in [5.41, 5.74) is 2.38. The van der Waals surface area contributed by atoms with Crippen LogP contribution < -0.4 is 0 Å². The number of carbonyl (C=O) groups is 1. The van der Waals surface area contributed by atoms with E-state index in [1.54, 1.807) is 31.2 Å². The molecule has 0 N–H and O–H groups in total. The predicted octanol–water partition coefficient (Wildman–Crippen LogP) is 2.24. The van der Waals surface area contributed by atoms with Crippen molar-refractivity contribution >= 4 is 12.0 Å². The molecule has 0 unspecified atom stereocenters. The lowest BCUT2D eigenvalue weighted by atomic mass is 10.1. The van der Waals surface area contributed by atoms with Crippen molar-refractivity contribution in [3.63, 3.8) is 0 Å². The zero-order valence-corrected chi connectivity index (χ0v) is 8.74. The van der Waals surface area contributed by atoms with E-state index in [2.05, 4.69) is 11.6 Å². The first-order chi connectivity index (χ1) is 6.56. The van der Waals surface area contributed by atoms with E-state index in [9.17, 15) is 4.79 Å². The van der Waals surface area contributed by atoms with Crippen molar-refractivity contribution in [3.8, 4) is 0 Å². The van der Waals surface area contributed by atoms with Crippen molar-refractivity contribution in [2.24, 2.45) is 4.99 Å². The summed E-state index contributed by atoms with van der Waals surface area (Å²) in [6.07, 6.45) is 5.19. The van der Waals surface area contributed by atoms with Crippen molar-refractivity contribution < 1.29 is 4.79 Å². The summed E-state index contributed by atoms with van der Waals surface area (Å²) in [6.45, 7) is 8.91. The predicted molar refractivity (Wildman–Crippen MR) is 57.7 cm³/mol. The van der Waals surface area contributed by atoms with Crippen LogP contribution in [0.3, 0.4) is 0 Å². The fourth-order valence-electron chi connectivity index (χ4n) is 1.16. The number of rotatable bonds is 2. The Balaban J connectivity index is 3.14. The Hall–Kier alpha value is -1.64. The largest absolute Gasteiger partial charge is 0.321 e. The molecule has 14 heavy (non-hydrogen) atoms. The number of hydrogen-bond acceptors (Lipinski definition) is 3. The number of carbonyl (C=O) groups excluding carboxylic acids is 1. The monoisotopic (exact) mass is 190 g/mol. The van der Waals surface area contributed by atoms with Crippen molar-refractivity contribution in [2.75, 3.05) is 0 Å². The molecule has 0 radical (unpaired) electrons. The van der Waals surface area contributed by atoms with Crippen LogP contribution in [0.2, 0.25) is 0 Å². The van der Waals surface area contributed by atoms with Crippen LogP contribution in [0.15, 0.2) is 40.9 Å². The third-order valence-electron chi connectivity index (χ3n) is 2.10. The van der Waals surface area contributed by atoms with Gasteiger partial charge in [0.25, 0.3) is 0 Å². The van der Waals surface area contributed by atoms with Gasteiger partial charge in [-0.3, -0.25) is 9.79 Å². The summed E-state index contributed by atoms with van der Waals surface area (Å²) in [6, 6.07) is 0. The third-order valence-corrected chi connectivity index (χ3v) is 2.10. The number of nitrogens with zero attached hydrogens (tertiary/aromatic N) is 2. The van der Waals surface area contributed by atoms with Crippen LogP contribution in [-0.4, -0.2) is 16.9 Å². The van der Waals surface area contributed by atoms with Crippen LogP contribution in [0, 0.1) is 0 Å². The summed E-state index contributed by atoms with van der Waals surface area (Å²) in [5, 5.41) is 0. The molecule has 1 rings (SSSR count). The molecule has 0 aromatic heterocycles. The fraction of sp³-hybridized carbons (Fsp3) is 0.273. The van der Waals surface area contributed by atoms with E-state index in [4.69, 9.17) is 0 Å². The maximum atomic E-state index is 11.2. The number of Topliss-reactive ketones (excluding diaryl/α,β-unsaturated/α-hetero) is 1. The molecular weight excluding hydrogens is 176 g/mol. The van der Waals surface area contributed by atoms with Gasteiger partial charge in [-0.2, -0.15) is 0 Å². The van der Waals surface area contributed by atoms with Gasteiger partial charge in [-0.15, -0.1) is 0 Å². The average Bonchev–Trinajstić information content (AvgIpc) is 2.16. The highest BCUT2D eigenvalue weighted by molar-refractivity contribution is 5.99. The van der Waals surface area contributed by atoms with Crippen molar-refractivity contribution in [2.45, 2.75) is 20.8 Å². The van der Waals surface area contributed by atoms with E-state index in [1.165, 1.54) is 0 Å². The number of aliphatic imine (C=N–C) groups is 1. The maximum absolute atomic E-state index is 11.2. The average molecular weight is 190 g/mol. The third kappa shape index (κ3) is 1.99. The van der Waals surface area contributed by atoms with E-state index >= 15 is 0 Å². The van der Waals surface area contributed by atoms with Gasteiger partial charge < -0.3 is 4.90 Å². The lowest BCUT2D eigenvalue weighted by Crippen LogP contribution is -2.17. The van der Waals surface area contributed by atoms with Crippen LogP contribution in [0.5, 0.6) is 0 Å². The Morgan fingerprint density at radius 2 is 2.21 bits per heavy atom. The first kappa shape index (κ1) is 10.4. The van der Waals surface area contributed by atoms with Crippen LogP contribution in [-0.2, 0) is 4.79 Å². The molecule has 0 fully saturated rings. The highest BCUT2D eigenvalue weighted by atomic mass is 16.1. The summed E-state index contributed by atoms with van der Waals surface area (Å²) < 4.78 is 0. The van der Waals surface area contributed by atoms with Gasteiger partial charge >= 0.3 is 0 Å². The van der Waals surface area contributed by atoms with Gasteiger partial charge in [0, 0.05) is 18.0 Å². The van der Waals surface area contributed by atoms with Gasteiger partial charge in [0.05, 0.1) is 17.6 Å². The first-order valence-corrected chi connectivity index (χ1v) is 4.41. The van der Waals surface area contributed by atoms with Crippen molar-refractivity contribution in [1.82, 2.24) is 4.90 Å². The Morgan fingerprint density at radius 1 is 1.57 bits per heavy atom. The van der Waals surface area contributed by atoms with Crippen LogP contribution in [0.1, 0.15) is 20.8 Å². The minimum atomic E-state index is 0.0475. The van der Waals surface area contributed by atoms with Gasteiger partial charge in [-0.1, -0.05) is 6.58 Å². The van der Waals surface area contributed by atoms with Crippen LogP contribution in [0.25, 0.3) is 0 Å². The maximum Gasteiger partial charge on any atom is 0.157 e. The Labute approximate surface area is 84.1 Å². The normalized spacial score (nSPS) is 19.1. The lowest BCUT2D eigenvalue weighted by Gasteiger charge is -2.21. The highest BCUT2D eigenvalue weighted by Crippen LogP contribution is 2.16. The van der Waals surface area contributed by atoms with Gasteiger partial charge in [-0.05, 0) is 20.8 Å². The lowest BCUT2D eigenvalue weighted by molar-refractivity contribution is -0.113. The molecule has 3 heteroatoms. The molecular formula is C11H14N2O. The van der Waals surface area contributed by atoms with E-state index in [0.29, 0.717) is 5.57 Å². The van der Waals surface area contributed by atoms with Gasteiger partial charge in [0.2, 0.25) is 0 Å². The van der Waals surface area contributed by atoms with E-state index < -0.39 is 0 Å². The summed E-state index contributed by atoms with van der Waals surface area (Å²) in [5.74, 6) is 0.0475. The van der Waals surface area contributed by atoms with Gasteiger partial charge in [0.15, 0.2) is 5.78 Å². The summed E-state index contributed by atoms with van der Waals surface area (Å²) in [4.78, 5) is 17.1. The zero-order valence-electron chi connectivity index (χ0n) is 8.74. The molecule has 74 valence electrons. The quantitative estimate of drug-likeness (QED) is 0.625. The first-order valence-electron chi connectivity index (χ1n) is 4.41. The topological polar surface area (TPSA) is 32.7 Å². The molecule has 0 spiro atoms. The molecule has 0 atom stereocenters. The van der Waals surface area contributed by atoms with Gasteiger partial charge in [-0.25, -0.2) is 0 Å². The molecule has 0 saturated carbocycles. The number of allylic oxidation sites excluding steroid dienone is 3. The Kier molecular flexibility index (Phi) is 3.02. The number of hydrogen-bond donors (Lipinski definition) is 0. The van der Waals surface area contributed by atoms with Crippen LogP contribution in [0.4, 0.5) is 0 Å². The molecule has 0 amide bonds. The minimum Gasteiger partial charge on any atom is -0.321 e. The highest BCUT2D eigenvalue weighted by Gasteiger charge is 2.12. The Morgan fingerprint density at radius 3 is 2.71 bits per heavy atom. The molecule has 0 bridgehead atoms. The summed E-state index contributed by atoms with van der Waals surface area (Å²) in [7, 11) is 0. The van der Waals surface area contributed by atoms with Crippen molar-refractivity contribution in [1.29, 1.82) is 0 Å². The summed E-state index contributed by atoms with van der Waals surface area (Å²) >= 11 is 0. The van der Waals surface area contributed by atoms with Gasteiger partial charge in [0.1, 0.15) is 0 Å². The minimum absolute atomic E-state index is 0.0475. The fourth-order valence-corrected chi connectivity index (χ4v) is 1.16. The molecule has 0 aromatic rings. The molecule has 0 saturated heterocycles. The van der Waals surface area contributed by atoms with E-state index in [0.717, 1.165) is 11.4 Å². The van der Waals surface area contributed by atoms with Crippen molar-refractivity contribution in [3.05, 3.63) is 35.9 Å². The smallest absolute Gasteiger partial charge is 0.157 e. The van der Waals surface area contributed by atoms with E-state index in [-0.39, 0.29) is 5.78 Å². The zero-order chi connectivity index (χ0) is 10.7.